The number of aromatic nitrogens is 2. The number of amides is 1. The number of aromatic amines is 1. The van der Waals surface area contributed by atoms with Gasteiger partial charge in [-0.05, 0) is 31.5 Å². The Kier molecular flexibility index (Phi) is 3.25. The van der Waals surface area contributed by atoms with E-state index in [4.69, 9.17) is 0 Å². The van der Waals surface area contributed by atoms with Crippen molar-refractivity contribution in [2.75, 3.05) is 5.32 Å². The summed E-state index contributed by atoms with van der Waals surface area (Å²) in [6.45, 7) is 3.75. The molecule has 0 spiro atoms. The molecule has 1 aliphatic rings. The Morgan fingerprint density at radius 3 is 2.95 bits per heavy atom. The quantitative estimate of drug-likeness (QED) is 0.849. The average molecular weight is 291 g/mol. The molecule has 1 amide bonds. The highest BCUT2D eigenvalue weighted by Gasteiger charge is 2.32. The van der Waals surface area contributed by atoms with Crippen LogP contribution < -0.4 is 5.32 Å². The van der Waals surface area contributed by atoms with Gasteiger partial charge in [-0.15, -0.1) is 11.8 Å². The number of carbonyl (C=O) groups excluding carboxylic acids is 1. The van der Waals surface area contributed by atoms with E-state index in [1.165, 1.54) is 23.9 Å². The smallest absolute Gasteiger partial charge is 0.238 e. The van der Waals surface area contributed by atoms with E-state index in [2.05, 4.69) is 15.5 Å². The zero-order valence-corrected chi connectivity index (χ0v) is 11.9. The molecular formula is C14H14FN3OS. The number of thioether (sulfide) groups is 1. The molecular weight excluding hydrogens is 277 g/mol. The molecule has 6 heteroatoms. The second-order valence-corrected chi connectivity index (χ2v) is 6.26. The van der Waals surface area contributed by atoms with E-state index in [0.29, 0.717) is 5.82 Å². The molecule has 1 aromatic heterocycles. The fourth-order valence-corrected chi connectivity index (χ4v) is 3.64. The minimum atomic E-state index is -0.276. The normalized spacial score (nSPS) is 22.1. The number of benzene rings is 1. The number of hydrogen-bond donors (Lipinski definition) is 2. The molecule has 0 aliphatic carbocycles. The molecule has 0 unspecified atom stereocenters. The third-order valence-corrected chi connectivity index (χ3v) is 4.76. The van der Waals surface area contributed by atoms with Gasteiger partial charge in [-0.3, -0.25) is 9.89 Å². The first-order chi connectivity index (χ1) is 9.56. The van der Waals surface area contributed by atoms with Gasteiger partial charge >= 0.3 is 0 Å². The van der Waals surface area contributed by atoms with E-state index in [-0.39, 0.29) is 22.2 Å². The van der Waals surface area contributed by atoms with E-state index in [1.54, 1.807) is 6.07 Å². The van der Waals surface area contributed by atoms with Crippen molar-refractivity contribution < 1.29 is 9.18 Å². The highest BCUT2D eigenvalue weighted by Crippen LogP contribution is 2.44. The second kappa shape index (κ2) is 4.94. The van der Waals surface area contributed by atoms with Gasteiger partial charge in [-0.2, -0.15) is 5.10 Å². The van der Waals surface area contributed by atoms with Crippen molar-refractivity contribution in [2.24, 2.45) is 0 Å². The molecule has 2 aromatic rings. The van der Waals surface area contributed by atoms with E-state index < -0.39 is 0 Å². The predicted molar refractivity (Wildman–Crippen MR) is 77.3 cm³/mol. The van der Waals surface area contributed by atoms with Crippen LogP contribution in [0.2, 0.25) is 0 Å². The molecule has 104 valence electrons. The van der Waals surface area contributed by atoms with E-state index in [0.717, 1.165) is 16.8 Å². The third-order valence-electron chi connectivity index (χ3n) is 3.36. The van der Waals surface area contributed by atoms with Crippen LogP contribution in [-0.4, -0.2) is 21.4 Å². The summed E-state index contributed by atoms with van der Waals surface area (Å²) in [5, 5.41) is 9.49. The number of anilines is 1. The van der Waals surface area contributed by atoms with Gasteiger partial charge in [0.1, 0.15) is 5.82 Å². The third kappa shape index (κ3) is 2.20. The molecule has 4 nitrogen and oxygen atoms in total. The number of carbonyl (C=O) groups is 1. The van der Waals surface area contributed by atoms with Gasteiger partial charge in [0, 0.05) is 11.3 Å². The van der Waals surface area contributed by atoms with Crippen LogP contribution in [-0.2, 0) is 4.79 Å². The second-order valence-electron chi connectivity index (χ2n) is 4.81. The van der Waals surface area contributed by atoms with Crippen molar-refractivity contribution in [3.8, 4) is 0 Å². The van der Waals surface area contributed by atoms with Gasteiger partial charge < -0.3 is 5.32 Å². The Hall–Kier alpha value is -1.82. The summed E-state index contributed by atoms with van der Waals surface area (Å²) in [6, 6.07) is 6.49. The fraction of sp³-hybridized carbons (Fsp3) is 0.286. The van der Waals surface area contributed by atoms with Crippen molar-refractivity contribution in [3.05, 3.63) is 46.9 Å². The summed E-state index contributed by atoms with van der Waals surface area (Å²) >= 11 is 1.50. The van der Waals surface area contributed by atoms with Crippen molar-refractivity contribution >= 4 is 23.5 Å². The van der Waals surface area contributed by atoms with Gasteiger partial charge in [-0.25, -0.2) is 4.39 Å². The molecule has 1 aromatic carbocycles. The Morgan fingerprint density at radius 1 is 1.40 bits per heavy atom. The molecule has 0 saturated carbocycles. The number of rotatable bonds is 1. The summed E-state index contributed by atoms with van der Waals surface area (Å²) in [5.74, 6) is 0.183. The topological polar surface area (TPSA) is 57.8 Å². The molecule has 1 aliphatic heterocycles. The van der Waals surface area contributed by atoms with Gasteiger partial charge in [0.2, 0.25) is 5.91 Å². The molecule has 2 heterocycles. The van der Waals surface area contributed by atoms with Crippen LogP contribution in [0.3, 0.4) is 0 Å². The monoisotopic (exact) mass is 291 g/mol. The summed E-state index contributed by atoms with van der Waals surface area (Å²) < 4.78 is 13.5. The van der Waals surface area contributed by atoms with Crippen LogP contribution >= 0.6 is 11.8 Å². The maximum atomic E-state index is 13.5. The Labute approximate surface area is 120 Å². The Morgan fingerprint density at radius 2 is 2.20 bits per heavy atom. The van der Waals surface area contributed by atoms with Crippen molar-refractivity contribution in [1.29, 1.82) is 0 Å². The molecule has 0 fully saturated rings. The SMILES string of the molecule is Cc1[nH]nc2c1[C@H](c1cccc(F)c1)S[C@H](C)C(=O)N2. The molecule has 2 N–H and O–H groups in total. The maximum absolute atomic E-state index is 13.5. The number of nitrogens with zero attached hydrogens (tertiary/aromatic N) is 1. The largest absolute Gasteiger partial charge is 0.308 e. The fourth-order valence-electron chi connectivity index (χ4n) is 2.32. The van der Waals surface area contributed by atoms with E-state index in [9.17, 15) is 9.18 Å². The number of nitrogens with one attached hydrogen (secondary N) is 2. The first-order valence-corrected chi connectivity index (χ1v) is 7.27. The van der Waals surface area contributed by atoms with E-state index in [1.807, 2.05) is 19.9 Å². The van der Waals surface area contributed by atoms with Gasteiger partial charge in [-0.1, -0.05) is 12.1 Å². The lowest BCUT2D eigenvalue weighted by Gasteiger charge is -2.17. The van der Waals surface area contributed by atoms with Crippen molar-refractivity contribution in [2.45, 2.75) is 24.3 Å². The molecule has 20 heavy (non-hydrogen) atoms. The number of fused-ring (bicyclic) bond motifs is 1. The first-order valence-electron chi connectivity index (χ1n) is 6.33. The van der Waals surface area contributed by atoms with Gasteiger partial charge in [0.15, 0.2) is 5.82 Å². The zero-order chi connectivity index (χ0) is 14.3. The highest BCUT2D eigenvalue weighted by molar-refractivity contribution is 8.01. The number of halogens is 1. The van der Waals surface area contributed by atoms with Gasteiger partial charge in [0.25, 0.3) is 0 Å². The van der Waals surface area contributed by atoms with Crippen LogP contribution in [0.5, 0.6) is 0 Å². The minimum Gasteiger partial charge on any atom is -0.308 e. The van der Waals surface area contributed by atoms with Crippen molar-refractivity contribution in [1.82, 2.24) is 10.2 Å². The lowest BCUT2D eigenvalue weighted by Crippen LogP contribution is -2.21. The van der Waals surface area contributed by atoms with Gasteiger partial charge in [0.05, 0.1) is 10.5 Å². The summed E-state index contributed by atoms with van der Waals surface area (Å²) in [6.07, 6.45) is 0. The summed E-state index contributed by atoms with van der Waals surface area (Å²) in [5.41, 5.74) is 2.64. The van der Waals surface area contributed by atoms with Crippen LogP contribution in [0.15, 0.2) is 24.3 Å². The van der Waals surface area contributed by atoms with E-state index >= 15 is 0 Å². The van der Waals surface area contributed by atoms with Crippen molar-refractivity contribution in [3.63, 3.8) is 0 Å². The minimum absolute atomic E-state index is 0.0818. The maximum Gasteiger partial charge on any atom is 0.238 e. The Balaban J connectivity index is 2.13. The number of aryl methyl sites for hydroxylation is 1. The van der Waals surface area contributed by atoms with Crippen LogP contribution in [0.4, 0.5) is 10.2 Å². The molecule has 0 bridgehead atoms. The molecule has 0 saturated heterocycles. The summed E-state index contributed by atoms with van der Waals surface area (Å²) in [4.78, 5) is 12.0. The molecule has 0 radical (unpaired) electrons. The molecule has 2 atom stereocenters. The molecule has 3 rings (SSSR count). The summed E-state index contributed by atoms with van der Waals surface area (Å²) in [7, 11) is 0. The number of hydrogen-bond acceptors (Lipinski definition) is 3. The first kappa shape index (κ1) is 13.2. The lowest BCUT2D eigenvalue weighted by molar-refractivity contribution is -0.115. The van der Waals surface area contributed by atoms with Crippen LogP contribution in [0.1, 0.15) is 29.0 Å². The predicted octanol–water partition coefficient (Wildman–Crippen LogP) is 3.02. The Bertz CT molecular complexity index is 670. The average Bonchev–Trinajstić information content (AvgIpc) is 2.70. The standard InChI is InChI=1S/C14H14FN3OS/c1-7-11-12(9-4-3-5-10(15)6-9)20-8(2)14(19)16-13(11)18-17-7/h3-6,8,12H,1-2H3,(H2,16,17,18,19)/t8-,12+/m1/s1. The van der Waals surface area contributed by atoms with Crippen LogP contribution in [0.25, 0.3) is 0 Å². The number of H-pyrrole nitrogens is 1. The highest BCUT2D eigenvalue weighted by atomic mass is 32.2. The zero-order valence-electron chi connectivity index (χ0n) is 11.1. The van der Waals surface area contributed by atoms with Crippen LogP contribution in [0, 0.1) is 12.7 Å². The lowest BCUT2D eigenvalue weighted by atomic mass is 10.0.